The van der Waals surface area contributed by atoms with E-state index in [1.165, 1.54) is 12.8 Å². The van der Waals surface area contributed by atoms with E-state index in [1.54, 1.807) is 0 Å². The lowest BCUT2D eigenvalue weighted by Gasteiger charge is -2.07. The second kappa shape index (κ2) is 4.47. The number of carbonyl (C=O) groups excluding carboxylic acids is 1. The molecule has 2 heteroatoms. The summed E-state index contributed by atoms with van der Waals surface area (Å²) in [4.78, 5) is 11.9. The summed E-state index contributed by atoms with van der Waals surface area (Å²) in [5, 5.41) is 0. The molecule has 0 radical (unpaired) electrons. The summed E-state index contributed by atoms with van der Waals surface area (Å²) in [5.41, 5.74) is 7.44. The maximum atomic E-state index is 11.9. The fourth-order valence-corrected chi connectivity index (χ4v) is 2.23. The summed E-state index contributed by atoms with van der Waals surface area (Å²) in [6.45, 7) is 0. The van der Waals surface area contributed by atoms with Gasteiger partial charge in [-0.1, -0.05) is 25.0 Å². The van der Waals surface area contributed by atoms with Crippen molar-refractivity contribution in [1.29, 1.82) is 0 Å². The maximum Gasteiger partial charge on any atom is 0.140 e. The van der Waals surface area contributed by atoms with Crippen LogP contribution >= 0.6 is 0 Å². The molecule has 0 unspecified atom stereocenters. The van der Waals surface area contributed by atoms with Gasteiger partial charge in [-0.3, -0.25) is 4.79 Å². The number of nitrogens with two attached hydrogens (primary N) is 1. The van der Waals surface area contributed by atoms with Crippen LogP contribution in [0.5, 0.6) is 0 Å². The van der Waals surface area contributed by atoms with Crippen LogP contribution in [0.4, 0.5) is 5.69 Å². The van der Waals surface area contributed by atoms with Crippen molar-refractivity contribution in [3.63, 3.8) is 0 Å². The minimum absolute atomic E-state index is 0.322. The maximum absolute atomic E-state index is 11.9. The summed E-state index contributed by atoms with van der Waals surface area (Å²) in [5.74, 6) is 0.722. The molecule has 0 amide bonds. The molecule has 0 bridgehead atoms. The third kappa shape index (κ3) is 2.58. The van der Waals surface area contributed by atoms with Crippen molar-refractivity contribution in [1.82, 2.24) is 0 Å². The topological polar surface area (TPSA) is 43.1 Å². The van der Waals surface area contributed by atoms with Crippen molar-refractivity contribution >= 4 is 11.5 Å². The van der Waals surface area contributed by atoms with Crippen LogP contribution in [0.2, 0.25) is 0 Å². The molecule has 1 fully saturated rings. The molecule has 0 spiro atoms. The standard InChI is InChI=1S/C13H17NO/c14-12-7-5-10(6-8-12)9-13(15)11-3-1-2-4-11/h5-8,11H,1-4,9,14H2. The molecule has 2 nitrogen and oxygen atoms in total. The van der Waals surface area contributed by atoms with Crippen molar-refractivity contribution in [2.24, 2.45) is 5.92 Å². The van der Waals surface area contributed by atoms with Gasteiger partial charge in [-0.15, -0.1) is 0 Å². The SMILES string of the molecule is Nc1ccc(CC(=O)C2CCCC2)cc1. The second-order valence-electron chi connectivity index (χ2n) is 4.37. The van der Waals surface area contributed by atoms with Crippen molar-refractivity contribution in [3.05, 3.63) is 29.8 Å². The summed E-state index contributed by atoms with van der Waals surface area (Å²) >= 11 is 0. The van der Waals surface area contributed by atoms with Gasteiger partial charge in [0.15, 0.2) is 0 Å². The summed E-state index contributed by atoms with van der Waals surface area (Å²) in [6.07, 6.45) is 5.20. The van der Waals surface area contributed by atoms with Crippen molar-refractivity contribution in [2.75, 3.05) is 5.73 Å². The Morgan fingerprint density at radius 2 is 1.80 bits per heavy atom. The van der Waals surface area contributed by atoms with Gasteiger partial charge < -0.3 is 5.73 Å². The van der Waals surface area contributed by atoms with E-state index in [9.17, 15) is 4.79 Å². The minimum Gasteiger partial charge on any atom is -0.399 e. The Morgan fingerprint density at radius 1 is 1.20 bits per heavy atom. The first-order valence-electron chi connectivity index (χ1n) is 5.63. The lowest BCUT2D eigenvalue weighted by atomic mass is 9.96. The zero-order valence-electron chi connectivity index (χ0n) is 8.91. The van der Waals surface area contributed by atoms with Crippen LogP contribution in [0.3, 0.4) is 0 Å². The van der Waals surface area contributed by atoms with E-state index in [-0.39, 0.29) is 0 Å². The van der Waals surface area contributed by atoms with E-state index in [4.69, 9.17) is 5.73 Å². The largest absolute Gasteiger partial charge is 0.399 e. The number of nitrogen functional groups attached to an aromatic ring is 1. The molecule has 1 aliphatic carbocycles. The molecule has 0 aromatic heterocycles. The summed E-state index contributed by atoms with van der Waals surface area (Å²) in [6, 6.07) is 7.61. The molecular weight excluding hydrogens is 186 g/mol. The average molecular weight is 203 g/mol. The number of Topliss-reactive ketones (excluding diaryl/α,β-unsaturated/α-hetero) is 1. The lowest BCUT2D eigenvalue weighted by molar-refractivity contribution is -0.122. The van der Waals surface area contributed by atoms with Crippen LogP contribution in [-0.2, 0) is 11.2 Å². The number of benzene rings is 1. The monoisotopic (exact) mass is 203 g/mol. The van der Waals surface area contributed by atoms with Gasteiger partial charge in [-0.05, 0) is 30.5 Å². The van der Waals surface area contributed by atoms with E-state index in [1.807, 2.05) is 24.3 Å². The highest BCUT2D eigenvalue weighted by atomic mass is 16.1. The first-order chi connectivity index (χ1) is 7.25. The van der Waals surface area contributed by atoms with Crippen LogP contribution < -0.4 is 5.73 Å². The van der Waals surface area contributed by atoms with Gasteiger partial charge in [0.05, 0.1) is 0 Å². The van der Waals surface area contributed by atoms with E-state index in [2.05, 4.69) is 0 Å². The molecular formula is C13H17NO. The zero-order chi connectivity index (χ0) is 10.7. The molecule has 1 aliphatic rings. The number of hydrogen-bond donors (Lipinski definition) is 1. The third-order valence-corrected chi connectivity index (χ3v) is 3.17. The normalized spacial score (nSPS) is 16.8. The molecule has 0 heterocycles. The van der Waals surface area contributed by atoms with Crippen molar-refractivity contribution < 1.29 is 4.79 Å². The Hall–Kier alpha value is -1.31. The van der Waals surface area contributed by atoms with Crippen LogP contribution in [0.15, 0.2) is 24.3 Å². The van der Waals surface area contributed by atoms with Gasteiger partial charge in [0, 0.05) is 18.0 Å². The summed E-state index contributed by atoms with van der Waals surface area (Å²) < 4.78 is 0. The van der Waals surface area contributed by atoms with Gasteiger partial charge in [0.1, 0.15) is 5.78 Å². The smallest absolute Gasteiger partial charge is 0.140 e. The Balaban J connectivity index is 1.96. The van der Waals surface area contributed by atoms with Gasteiger partial charge in [-0.2, -0.15) is 0 Å². The fraction of sp³-hybridized carbons (Fsp3) is 0.462. The number of hydrogen-bond acceptors (Lipinski definition) is 2. The van der Waals surface area contributed by atoms with Gasteiger partial charge in [0.25, 0.3) is 0 Å². The Bertz CT molecular complexity index is 336. The Labute approximate surface area is 90.5 Å². The zero-order valence-corrected chi connectivity index (χ0v) is 8.91. The van der Waals surface area contributed by atoms with Crippen molar-refractivity contribution in [2.45, 2.75) is 32.1 Å². The summed E-state index contributed by atoms with van der Waals surface area (Å²) in [7, 11) is 0. The Kier molecular flexibility index (Phi) is 3.05. The molecule has 1 saturated carbocycles. The van der Waals surface area contributed by atoms with Gasteiger partial charge in [0.2, 0.25) is 0 Å². The van der Waals surface area contributed by atoms with Crippen molar-refractivity contribution in [3.8, 4) is 0 Å². The average Bonchev–Trinajstić information content (AvgIpc) is 2.74. The van der Waals surface area contributed by atoms with E-state index >= 15 is 0 Å². The number of carbonyl (C=O) groups is 1. The van der Waals surface area contributed by atoms with Crippen LogP contribution in [0.25, 0.3) is 0 Å². The van der Waals surface area contributed by atoms with Crippen LogP contribution in [-0.4, -0.2) is 5.78 Å². The minimum atomic E-state index is 0.322. The van der Waals surface area contributed by atoms with E-state index < -0.39 is 0 Å². The first-order valence-corrected chi connectivity index (χ1v) is 5.63. The number of rotatable bonds is 3. The van der Waals surface area contributed by atoms with Gasteiger partial charge in [-0.25, -0.2) is 0 Å². The van der Waals surface area contributed by atoms with E-state index in [0.717, 1.165) is 24.1 Å². The Morgan fingerprint density at radius 3 is 2.40 bits per heavy atom. The highest BCUT2D eigenvalue weighted by molar-refractivity contribution is 5.83. The molecule has 80 valence electrons. The highest BCUT2D eigenvalue weighted by Gasteiger charge is 2.22. The molecule has 2 N–H and O–H groups in total. The van der Waals surface area contributed by atoms with Crippen LogP contribution in [0.1, 0.15) is 31.2 Å². The second-order valence-corrected chi connectivity index (χ2v) is 4.37. The van der Waals surface area contributed by atoms with Crippen LogP contribution in [0, 0.1) is 5.92 Å². The lowest BCUT2D eigenvalue weighted by Crippen LogP contribution is -2.13. The van der Waals surface area contributed by atoms with E-state index in [0.29, 0.717) is 18.1 Å². The quantitative estimate of drug-likeness (QED) is 0.767. The number of ketones is 1. The molecule has 1 aromatic carbocycles. The molecule has 0 saturated heterocycles. The molecule has 15 heavy (non-hydrogen) atoms. The predicted molar refractivity (Wildman–Crippen MR) is 61.5 cm³/mol. The first kappa shape index (κ1) is 10.2. The molecule has 0 aliphatic heterocycles. The number of anilines is 1. The fourth-order valence-electron chi connectivity index (χ4n) is 2.23. The highest BCUT2D eigenvalue weighted by Crippen LogP contribution is 2.26. The molecule has 0 atom stereocenters. The molecule has 1 aromatic rings. The molecule has 2 rings (SSSR count). The predicted octanol–water partition coefficient (Wildman–Crippen LogP) is 2.57. The third-order valence-electron chi connectivity index (χ3n) is 3.17. The van der Waals surface area contributed by atoms with Gasteiger partial charge >= 0.3 is 0 Å².